The molecule has 1 atom stereocenters. The third kappa shape index (κ3) is 6.11. The topological polar surface area (TPSA) is 52.7 Å². The fraction of sp³-hybridized carbons (Fsp3) is 0.333. The Balaban J connectivity index is 1.46. The molecule has 2 aromatic rings. The van der Waals surface area contributed by atoms with Crippen molar-refractivity contribution >= 4 is 23.5 Å². The fourth-order valence-corrected chi connectivity index (χ4v) is 3.46. The van der Waals surface area contributed by atoms with Crippen LogP contribution < -0.4 is 5.32 Å². The van der Waals surface area contributed by atoms with Crippen molar-refractivity contribution in [1.82, 2.24) is 9.80 Å². The van der Waals surface area contributed by atoms with Crippen molar-refractivity contribution in [1.29, 1.82) is 0 Å². The molecule has 1 fully saturated rings. The number of nitrogens with zero attached hydrogens (tertiary/aromatic N) is 2. The molecule has 1 N–H and O–H groups in total. The Morgan fingerprint density at radius 1 is 1.03 bits per heavy atom. The number of nitrogens with one attached hydrogen (secondary N) is 1. The van der Waals surface area contributed by atoms with Gasteiger partial charge in [0, 0.05) is 44.0 Å². The Morgan fingerprint density at radius 2 is 1.76 bits per heavy atom. The van der Waals surface area contributed by atoms with Crippen molar-refractivity contribution in [3.8, 4) is 0 Å². The van der Waals surface area contributed by atoms with Gasteiger partial charge in [-0.3, -0.25) is 19.4 Å². The maximum absolute atomic E-state index is 12.6. The second-order valence-electron chi connectivity index (χ2n) is 7.45. The highest BCUT2D eigenvalue weighted by molar-refractivity contribution is 5.98. The predicted octanol–water partition coefficient (Wildman–Crippen LogP) is 3.55. The Bertz CT molecular complexity index is 855. The van der Waals surface area contributed by atoms with E-state index in [4.69, 9.17) is 0 Å². The first kappa shape index (κ1) is 21.0. The number of carbonyl (C=O) groups is 2. The summed E-state index contributed by atoms with van der Waals surface area (Å²) < 4.78 is 0. The molecule has 0 radical (unpaired) electrons. The number of Topliss-reactive ketones (excluding diaryl/α,β-unsaturated/α-hetero) is 1. The predicted molar refractivity (Wildman–Crippen MR) is 118 cm³/mol. The van der Waals surface area contributed by atoms with E-state index in [9.17, 15) is 9.59 Å². The smallest absolute Gasteiger partial charge is 0.241 e. The summed E-state index contributed by atoms with van der Waals surface area (Å²) in [4.78, 5) is 28.8. The molecule has 1 aliphatic heterocycles. The molecule has 2 aromatic carbocycles. The summed E-state index contributed by atoms with van der Waals surface area (Å²) in [6, 6.07) is 17.2. The van der Waals surface area contributed by atoms with Crippen LogP contribution in [0, 0.1) is 0 Å². The van der Waals surface area contributed by atoms with Crippen molar-refractivity contribution in [3.05, 3.63) is 71.8 Å². The van der Waals surface area contributed by atoms with E-state index in [1.54, 1.807) is 18.2 Å². The number of piperazine rings is 1. The van der Waals surface area contributed by atoms with Crippen LogP contribution in [0.4, 0.5) is 5.69 Å². The van der Waals surface area contributed by atoms with Crippen LogP contribution >= 0.6 is 0 Å². The summed E-state index contributed by atoms with van der Waals surface area (Å²) in [5.41, 5.74) is 2.48. The third-order valence-electron chi connectivity index (χ3n) is 5.34. The van der Waals surface area contributed by atoms with Gasteiger partial charge in [0.2, 0.25) is 5.91 Å². The molecule has 1 heterocycles. The second-order valence-corrected chi connectivity index (χ2v) is 7.45. The third-order valence-corrected chi connectivity index (χ3v) is 5.34. The lowest BCUT2D eigenvalue weighted by Gasteiger charge is -2.37. The molecule has 0 spiro atoms. The van der Waals surface area contributed by atoms with Gasteiger partial charge >= 0.3 is 0 Å². The number of benzene rings is 2. The van der Waals surface area contributed by atoms with E-state index in [0.717, 1.165) is 32.7 Å². The summed E-state index contributed by atoms with van der Waals surface area (Å²) in [5, 5.41) is 2.94. The molecule has 29 heavy (non-hydrogen) atoms. The molecular weight excluding hydrogens is 362 g/mol. The highest BCUT2D eigenvalue weighted by Gasteiger charge is 2.25. The number of ketones is 1. The molecule has 152 valence electrons. The normalized spacial score (nSPS) is 16.6. The minimum absolute atomic E-state index is 0.00779. The van der Waals surface area contributed by atoms with E-state index in [1.807, 2.05) is 31.2 Å². The number of carbonyl (C=O) groups excluding carboxylic acids is 2. The first-order chi connectivity index (χ1) is 14.0. The summed E-state index contributed by atoms with van der Waals surface area (Å²) in [5.74, 6) is -0.0466. The molecule has 1 amide bonds. The second kappa shape index (κ2) is 10.1. The fourth-order valence-electron chi connectivity index (χ4n) is 3.46. The van der Waals surface area contributed by atoms with Crippen molar-refractivity contribution < 1.29 is 9.59 Å². The Kier molecular flexibility index (Phi) is 7.33. The van der Waals surface area contributed by atoms with E-state index in [-0.39, 0.29) is 17.7 Å². The van der Waals surface area contributed by atoms with Crippen molar-refractivity contribution in [2.24, 2.45) is 0 Å². The van der Waals surface area contributed by atoms with Crippen LogP contribution in [0.1, 0.15) is 29.8 Å². The molecular formula is C24H29N3O2. The molecule has 0 saturated carbocycles. The van der Waals surface area contributed by atoms with Crippen LogP contribution in [0.25, 0.3) is 6.08 Å². The summed E-state index contributed by atoms with van der Waals surface area (Å²) in [6.45, 7) is 7.99. The summed E-state index contributed by atoms with van der Waals surface area (Å²) in [7, 11) is 0. The molecule has 5 heteroatoms. The van der Waals surface area contributed by atoms with Crippen LogP contribution in [0.2, 0.25) is 0 Å². The first-order valence-corrected chi connectivity index (χ1v) is 10.1. The van der Waals surface area contributed by atoms with Crippen LogP contribution in [0.5, 0.6) is 0 Å². The van der Waals surface area contributed by atoms with Gasteiger partial charge in [0.1, 0.15) is 0 Å². The van der Waals surface area contributed by atoms with E-state index < -0.39 is 0 Å². The SMILES string of the molecule is CC(=O)c1cccc(NC(=O)[C@@H](C)N2CCN(C/C=C/c3ccccc3)CC2)c1. The largest absolute Gasteiger partial charge is 0.325 e. The maximum Gasteiger partial charge on any atom is 0.241 e. The zero-order valence-corrected chi connectivity index (χ0v) is 17.2. The first-order valence-electron chi connectivity index (χ1n) is 10.1. The number of rotatable bonds is 7. The van der Waals surface area contributed by atoms with Crippen molar-refractivity contribution in [3.63, 3.8) is 0 Å². The van der Waals surface area contributed by atoms with E-state index in [2.05, 4.69) is 39.4 Å². The average molecular weight is 392 g/mol. The van der Waals surface area contributed by atoms with Crippen LogP contribution in [0.15, 0.2) is 60.7 Å². The zero-order chi connectivity index (χ0) is 20.6. The minimum atomic E-state index is -0.210. The monoisotopic (exact) mass is 391 g/mol. The van der Waals surface area contributed by atoms with E-state index in [0.29, 0.717) is 11.3 Å². The summed E-state index contributed by atoms with van der Waals surface area (Å²) >= 11 is 0. The highest BCUT2D eigenvalue weighted by Crippen LogP contribution is 2.14. The minimum Gasteiger partial charge on any atom is -0.325 e. The van der Waals surface area contributed by atoms with Gasteiger partial charge in [-0.15, -0.1) is 0 Å². The number of amides is 1. The number of hydrogen-bond acceptors (Lipinski definition) is 4. The molecule has 1 aliphatic rings. The van der Waals surface area contributed by atoms with Gasteiger partial charge in [-0.25, -0.2) is 0 Å². The molecule has 0 aliphatic carbocycles. The molecule has 0 bridgehead atoms. The lowest BCUT2D eigenvalue weighted by atomic mass is 10.1. The van der Waals surface area contributed by atoms with Gasteiger partial charge < -0.3 is 5.32 Å². The molecule has 0 unspecified atom stereocenters. The van der Waals surface area contributed by atoms with Crippen LogP contribution in [-0.2, 0) is 4.79 Å². The van der Waals surface area contributed by atoms with E-state index in [1.165, 1.54) is 12.5 Å². The van der Waals surface area contributed by atoms with Gasteiger partial charge in [-0.1, -0.05) is 54.6 Å². The number of anilines is 1. The lowest BCUT2D eigenvalue weighted by Crippen LogP contribution is -2.52. The molecule has 1 saturated heterocycles. The molecule has 5 nitrogen and oxygen atoms in total. The van der Waals surface area contributed by atoms with E-state index >= 15 is 0 Å². The Labute approximate surface area is 173 Å². The summed E-state index contributed by atoms with van der Waals surface area (Å²) in [6.07, 6.45) is 4.35. The molecule has 3 rings (SSSR count). The molecule has 0 aromatic heterocycles. The zero-order valence-electron chi connectivity index (χ0n) is 17.2. The van der Waals surface area contributed by atoms with Crippen molar-refractivity contribution in [2.75, 3.05) is 38.0 Å². The van der Waals surface area contributed by atoms with Gasteiger partial charge in [0.25, 0.3) is 0 Å². The van der Waals surface area contributed by atoms with Gasteiger partial charge in [-0.05, 0) is 31.5 Å². The van der Waals surface area contributed by atoms with Gasteiger partial charge in [-0.2, -0.15) is 0 Å². The van der Waals surface area contributed by atoms with Crippen LogP contribution in [-0.4, -0.2) is 60.3 Å². The van der Waals surface area contributed by atoms with Gasteiger partial charge in [0.15, 0.2) is 5.78 Å². The Hall–Kier alpha value is -2.76. The Morgan fingerprint density at radius 3 is 2.45 bits per heavy atom. The van der Waals surface area contributed by atoms with Crippen molar-refractivity contribution in [2.45, 2.75) is 19.9 Å². The highest BCUT2D eigenvalue weighted by atomic mass is 16.2. The lowest BCUT2D eigenvalue weighted by molar-refractivity contribution is -0.121. The van der Waals surface area contributed by atoms with Crippen LogP contribution in [0.3, 0.4) is 0 Å². The standard InChI is InChI=1S/C24H29N3O2/c1-19(24(29)25-23-12-6-11-22(18-23)20(2)28)27-16-14-26(15-17-27)13-7-10-21-8-4-3-5-9-21/h3-12,18-19H,13-17H2,1-2H3,(H,25,29)/b10-7+/t19-/m1/s1. The maximum atomic E-state index is 12.6. The quantitative estimate of drug-likeness (QED) is 0.734. The number of hydrogen-bond donors (Lipinski definition) is 1. The van der Waals surface area contributed by atoms with Gasteiger partial charge in [0.05, 0.1) is 6.04 Å². The average Bonchev–Trinajstić information content (AvgIpc) is 2.74.